The number of piperazine rings is 1. The van der Waals surface area contributed by atoms with Gasteiger partial charge in [-0.05, 0) is 24.3 Å². The number of benzene rings is 1. The standard InChI is InChI=1S/C26H35N5O3/c1-4-15-28-18-23(32)30-22(31(28)26(34)27-16-20-11-7-5-8-12-20)17-29(21-13-9-6-10-14-21)25(33)24(30)19(2)3/h1,5,7-8,11-12,19,21-22,24H,6,9-10,13-18H2,2-3H3,(H,27,34)/t22-,24-/m0/s1. The average molecular weight is 466 g/mol. The molecule has 8 nitrogen and oxygen atoms in total. The van der Waals surface area contributed by atoms with Gasteiger partial charge in [0.25, 0.3) is 0 Å². The summed E-state index contributed by atoms with van der Waals surface area (Å²) in [6.07, 6.45) is 10.3. The molecule has 3 aliphatic rings. The molecule has 34 heavy (non-hydrogen) atoms. The molecule has 0 spiro atoms. The van der Waals surface area contributed by atoms with Gasteiger partial charge in [0.05, 0.1) is 19.6 Å². The van der Waals surface area contributed by atoms with Gasteiger partial charge in [-0.15, -0.1) is 6.42 Å². The highest BCUT2D eigenvalue weighted by Crippen LogP contribution is 2.33. The first kappa shape index (κ1) is 24.1. The Morgan fingerprint density at radius 2 is 1.85 bits per heavy atom. The lowest BCUT2D eigenvalue weighted by Gasteiger charge is -2.57. The van der Waals surface area contributed by atoms with Crippen LogP contribution in [0.15, 0.2) is 30.3 Å². The summed E-state index contributed by atoms with van der Waals surface area (Å²) >= 11 is 0. The number of carbonyl (C=O) groups excluding carboxylic acids is 3. The van der Waals surface area contributed by atoms with E-state index in [1.807, 2.05) is 49.1 Å². The third-order valence-electron chi connectivity index (χ3n) is 7.13. The Labute approximate surface area is 202 Å². The molecule has 0 aromatic heterocycles. The molecule has 0 unspecified atom stereocenters. The van der Waals surface area contributed by atoms with Crippen LogP contribution >= 0.6 is 0 Å². The summed E-state index contributed by atoms with van der Waals surface area (Å²) in [6.45, 7) is 4.70. The first-order valence-corrected chi connectivity index (χ1v) is 12.3. The molecule has 1 aromatic carbocycles. The topological polar surface area (TPSA) is 76.2 Å². The minimum atomic E-state index is -0.592. The molecule has 1 saturated carbocycles. The van der Waals surface area contributed by atoms with Crippen LogP contribution in [-0.2, 0) is 16.1 Å². The monoisotopic (exact) mass is 465 g/mol. The lowest BCUT2D eigenvalue weighted by Crippen LogP contribution is -2.77. The lowest BCUT2D eigenvalue weighted by atomic mass is 9.90. The van der Waals surface area contributed by atoms with E-state index in [-0.39, 0.29) is 42.9 Å². The number of urea groups is 1. The van der Waals surface area contributed by atoms with E-state index < -0.39 is 12.2 Å². The number of hydrazine groups is 1. The van der Waals surface area contributed by atoms with E-state index in [0.29, 0.717) is 13.1 Å². The van der Waals surface area contributed by atoms with Crippen molar-refractivity contribution in [2.75, 3.05) is 19.6 Å². The summed E-state index contributed by atoms with van der Waals surface area (Å²) in [5, 5.41) is 6.21. The predicted octanol–water partition coefficient (Wildman–Crippen LogP) is 2.42. The van der Waals surface area contributed by atoms with Crippen LogP contribution in [0.2, 0.25) is 0 Å². The molecule has 0 bridgehead atoms. The van der Waals surface area contributed by atoms with Gasteiger partial charge in [-0.2, -0.15) is 5.01 Å². The second kappa shape index (κ2) is 10.5. The molecule has 2 saturated heterocycles. The van der Waals surface area contributed by atoms with Crippen molar-refractivity contribution in [1.82, 2.24) is 25.1 Å². The average Bonchev–Trinajstić information content (AvgIpc) is 2.84. The maximum atomic E-state index is 13.6. The van der Waals surface area contributed by atoms with Crippen molar-refractivity contribution >= 4 is 17.8 Å². The van der Waals surface area contributed by atoms with Gasteiger partial charge in [0, 0.05) is 12.6 Å². The lowest BCUT2D eigenvalue weighted by molar-refractivity contribution is -0.194. The zero-order valence-corrected chi connectivity index (χ0v) is 20.2. The van der Waals surface area contributed by atoms with Gasteiger partial charge < -0.3 is 15.1 Å². The Balaban J connectivity index is 1.65. The Morgan fingerprint density at radius 1 is 1.15 bits per heavy atom. The van der Waals surface area contributed by atoms with Gasteiger partial charge in [0.1, 0.15) is 12.2 Å². The molecule has 2 heterocycles. The number of hydrogen-bond donors (Lipinski definition) is 1. The highest BCUT2D eigenvalue weighted by atomic mass is 16.2. The molecule has 1 N–H and O–H groups in total. The van der Waals surface area contributed by atoms with E-state index in [4.69, 9.17) is 6.42 Å². The van der Waals surface area contributed by atoms with Crippen LogP contribution in [0.4, 0.5) is 4.79 Å². The molecule has 182 valence electrons. The second-order valence-corrected chi connectivity index (χ2v) is 9.77. The fourth-order valence-electron chi connectivity index (χ4n) is 5.53. The molecule has 4 rings (SSSR count). The highest BCUT2D eigenvalue weighted by molar-refractivity contribution is 5.91. The van der Waals surface area contributed by atoms with Crippen molar-refractivity contribution < 1.29 is 14.4 Å². The van der Waals surface area contributed by atoms with Crippen molar-refractivity contribution in [3.8, 4) is 12.3 Å². The number of hydrogen-bond acceptors (Lipinski definition) is 4. The molecule has 4 amide bonds. The van der Waals surface area contributed by atoms with Crippen LogP contribution in [-0.4, -0.2) is 75.5 Å². The Bertz CT molecular complexity index is 938. The molecule has 1 aliphatic carbocycles. The Hall–Kier alpha value is -3.05. The van der Waals surface area contributed by atoms with E-state index in [9.17, 15) is 14.4 Å². The van der Waals surface area contributed by atoms with Crippen LogP contribution in [0, 0.1) is 18.3 Å². The molecular weight excluding hydrogens is 430 g/mol. The number of rotatable bonds is 5. The largest absolute Gasteiger partial charge is 0.334 e. The molecule has 2 atom stereocenters. The molecular formula is C26H35N5O3. The minimum absolute atomic E-state index is 0.00143. The number of fused-ring (bicyclic) bond motifs is 1. The van der Waals surface area contributed by atoms with Gasteiger partial charge in [0.2, 0.25) is 11.8 Å². The first-order chi connectivity index (χ1) is 16.4. The smallest absolute Gasteiger partial charge is 0.334 e. The van der Waals surface area contributed by atoms with E-state index >= 15 is 0 Å². The van der Waals surface area contributed by atoms with Gasteiger partial charge in [-0.25, -0.2) is 9.80 Å². The second-order valence-electron chi connectivity index (χ2n) is 9.77. The van der Waals surface area contributed by atoms with E-state index in [0.717, 1.165) is 31.2 Å². The van der Waals surface area contributed by atoms with Crippen LogP contribution in [0.3, 0.4) is 0 Å². The highest BCUT2D eigenvalue weighted by Gasteiger charge is 2.53. The van der Waals surface area contributed by atoms with Crippen molar-refractivity contribution in [1.29, 1.82) is 0 Å². The van der Waals surface area contributed by atoms with Crippen LogP contribution in [0.1, 0.15) is 51.5 Å². The number of terminal acetylenes is 1. The molecule has 2 aliphatic heterocycles. The molecule has 8 heteroatoms. The van der Waals surface area contributed by atoms with Gasteiger partial charge >= 0.3 is 6.03 Å². The SMILES string of the molecule is C#CCN1CC(=O)N2[C@@H](C(C)C)C(=O)N(C3CCCCC3)C[C@@H]2N1C(=O)NCc1ccccc1. The zero-order valence-electron chi connectivity index (χ0n) is 20.2. The van der Waals surface area contributed by atoms with Crippen molar-refractivity contribution in [2.45, 2.75) is 70.7 Å². The number of amides is 4. The fourth-order valence-corrected chi connectivity index (χ4v) is 5.53. The predicted molar refractivity (Wildman–Crippen MR) is 129 cm³/mol. The van der Waals surface area contributed by atoms with Gasteiger partial charge in [-0.3, -0.25) is 9.59 Å². The number of nitrogens with zero attached hydrogens (tertiary/aromatic N) is 4. The summed E-state index contributed by atoms with van der Waals surface area (Å²) in [6, 6.07) is 8.92. The van der Waals surface area contributed by atoms with Gasteiger partial charge in [-0.1, -0.05) is 69.4 Å². The summed E-state index contributed by atoms with van der Waals surface area (Å²) in [4.78, 5) is 44.0. The number of carbonyl (C=O) groups is 3. The summed E-state index contributed by atoms with van der Waals surface area (Å²) in [5.74, 6) is 2.35. The first-order valence-electron chi connectivity index (χ1n) is 12.3. The minimum Gasteiger partial charge on any atom is -0.334 e. The molecule has 3 fully saturated rings. The van der Waals surface area contributed by atoms with Crippen LogP contribution < -0.4 is 5.32 Å². The van der Waals surface area contributed by atoms with E-state index in [1.165, 1.54) is 6.42 Å². The zero-order chi connectivity index (χ0) is 24.2. The summed E-state index contributed by atoms with van der Waals surface area (Å²) in [5.41, 5.74) is 0.979. The van der Waals surface area contributed by atoms with Crippen molar-refractivity contribution in [2.24, 2.45) is 5.92 Å². The fraction of sp³-hybridized carbons (Fsp3) is 0.577. The molecule has 0 radical (unpaired) electrons. The summed E-state index contributed by atoms with van der Waals surface area (Å²) < 4.78 is 0. The molecule has 1 aromatic rings. The van der Waals surface area contributed by atoms with Crippen LogP contribution in [0.25, 0.3) is 0 Å². The quantitative estimate of drug-likeness (QED) is 0.678. The third-order valence-corrected chi connectivity index (χ3v) is 7.13. The Kier molecular flexibility index (Phi) is 7.42. The van der Waals surface area contributed by atoms with E-state index in [2.05, 4.69) is 11.2 Å². The van der Waals surface area contributed by atoms with Crippen molar-refractivity contribution in [3.05, 3.63) is 35.9 Å². The third kappa shape index (κ3) is 4.76. The van der Waals surface area contributed by atoms with Crippen LogP contribution in [0.5, 0.6) is 0 Å². The van der Waals surface area contributed by atoms with Crippen molar-refractivity contribution in [3.63, 3.8) is 0 Å². The Morgan fingerprint density at radius 3 is 2.50 bits per heavy atom. The number of nitrogens with one attached hydrogen (secondary N) is 1. The maximum Gasteiger partial charge on any atom is 0.334 e. The normalized spacial score (nSPS) is 24.2. The maximum absolute atomic E-state index is 13.6. The van der Waals surface area contributed by atoms with Gasteiger partial charge in [0.15, 0.2) is 0 Å². The van der Waals surface area contributed by atoms with E-state index in [1.54, 1.807) is 14.9 Å². The summed E-state index contributed by atoms with van der Waals surface area (Å²) in [7, 11) is 0.